The molecule has 0 aliphatic carbocycles. The Morgan fingerprint density at radius 3 is 2.64 bits per heavy atom. The summed E-state index contributed by atoms with van der Waals surface area (Å²) < 4.78 is 26.7. The van der Waals surface area contributed by atoms with Gasteiger partial charge < -0.3 is 8.83 Å². The summed E-state index contributed by atoms with van der Waals surface area (Å²) in [5, 5.41) is 13.3. The number of hydrogen-bond acceptors (Lipinski definition) is 6. The lowest BCUT2D eigenvalue weighted by Crippen LogP contribution is -1.89. The van der Waals surface area contributed by atoms with Crippen LogP contribution in [0.25, 0.3) is 38.6 Å². The summed E-state index contributed by atoms with van der Waals surface area (Å²) in [5.74, 6) is 1.75. The van der Waals surface area contributed by atoms with Crippen molar-refractivity contribution in [1.29, 1.82) is 0 Å². The van der Waals surface area contributed by atoms with Gasteiger partial charge in [0.25, 0.3) is 0 Å². The number of benzene rings is 1. The summed E-state index contributed by atoms with van der Waals surface area (Å²) in [6, 6.07) is 13.5. The molecule has 0 atom stereocenters. The second-order valence-corrected chi connectivity index (χ2v) is 6.20. The maximum atomic E-state index is 13.9. The maximum absolute atomic E-state index is 13.9. The van der Waals surface area contributed by atoms with E-state index in [9.17, 15) is 4.39 Å². The zero-order valence-corrected chi connectivity index (χ0v) is 13.4. The van der Waals surface area contributed by atoms with Gasteiger partial charge in [-0.15, -0.1) is 15.3 Å². The first-order valence-corrected chi connectivity index (χ1v) is 8.22. The Hall–Kier alpha value is -3.26. The highest BCUT2D eigenvalue weighted by Gasteiger charge is 2.18. The molecule has 0 amide bonds. The molecule has 1 aromatic carbocycles. The molecule has 0 saturated heterocycles. The molecule has 4 heterocycles. The number of furan rings is 2. The van der Waals surface area contributed by atoms with E-state index < -0.39 is 0 Å². The number of halogens is 1. The molecule has 0 aliphatic heterocycles. The van der Waals surface area contributed by atoms with Crippen LogP contribution in [0.4, 0.5) is 4.39 Å². The third kappa shape index (κ3) is 2.26. The first kappa shape index (κ1) is 14.1. The molecule has 0 unspecified atom stereocenters. The van der Waals surface area contributed by atoms with Gasteiger partial charge in [0.2, 0.25) is 10.8 Å². The van der Waals surface area contributed by atoms with E-state index in [0.717, 1.165) is 0 Å². The van der Waals surface area contributed by atoms with E-state index in [1.54, 1.807) is 53.2 Å². The van der Waals surface area contributed by atoms with Crippen molar-refractivity contribution in [3.63, 3.8) is 0 Å². The molecule has 25 heavy (non-hydrogen) atoms. The minimum Gasteiger partial charge on any atom is -0.461 e. The van der Waals surface area contributed by atoms with Crippen molar-refractivity contribution in [2.24, 2.45) is 0 Å². The molecule has 0 N–H and O–H groups in total. The van der Waals surface area contributed by atoms with Gasteiger partial charge in [0, 0.05) is 0 Å². The maximum Gasteiger partial charge on any atom is 0.235 e. The SMILES string of the molecule is Fc1ccccc1-c1ccc(-c2nn3c(-c4ccco4)nnc3s2)o1. The Balaban J connectivity index is 1.57. The second-order valence-electron chi connectivity index (χ2n) is 5.25. The average Bonchev–Trinajstić information content (AvgIpc) is 3.38. The lowest BCUT2D eigenvalue weighted by atomic mass is 10.1. The topological polar surface area (TPSA) is 69.4 Å². The molecular formula is C17H9FN4O2S. The molecule has 0 aliphatic rings. The molecule has 122 valence electrons. The summed E-state index contributed by atoms with van der Waals surface area (Å²) in [6.07, 6.45) is 1.57. The van der Waals surface area contributed by atoms with Gasteiger partial charge in [-0.3, -0.25) is 0 Å². The van der Waals surface area contributed by atoms with Crippen LogP contribution in [0.3, 0.4) is 0 Å². The third-order valence-electron chi connectivity index (χ3n) is 3.69. The summed E-state index contributed by atoms with van der Waals surface area (Å²) >= 11 is 1.33. The fourth-order valence-corrected chi connectivity index (χ4v) is 3.34. The van der Waals surface area contributed by atoms with Crippen LogP contribution in [0.1, 0.15) is 0 Å². The van der Waals surface area contributed by atoms with Crippen LogP contribution in [-0.2, 0) is 0 Å². The van der Waals surface area contributed by atoms with Crippen molar-refractivity contribution >= 4 is 16.3 Å². The zero-order chi connectivity index (χ0) is 16.8. The summed E-state index contributed by atoms with van der Waals surface area (Å²) in [5.41, 5.74) is 0.410. The summed E-state index contributed by atoms with van der Waals surface area (Å²) in [4.78, 5) is 0.616. The van der Waals surface area contributed by atoms with Crippen LogP contribution in [0.2, 0.25) is 0 Å². The summed E-state index contributed by atoms with van der Waals surface area (Å²) in [6.45, 7) is 0. The highest BCUT2D eigenvalue weighted by molar-refractivity contribution is 7.19. The third-order valence-corrected chi connectivity index (χ3v) is 4.60. The highest BCUT2D eigenvalue weighted by atomic mass is 32.1. The number of aromatic nitrogens is 4. The molecule has 5 rings (SSSR count). The standard InChI is InChI=1S/C17H9FN4O2S/c18-11-5-2-1-4-10(11)12-7-8-14(24-12)16-21-22-15(13-6-3-9-23-13)19-20-17(22)25-16/h1-9H. The van der Waals surface area contributed by atoms with E-state index >= 15 is 0 Å². The fraction of sp³-hybridized carbons (Fsp3) is 0. The smallest absolute Gasteiger partial charge is 0.235 e. The quantitative estimate of drug-likeness (QED) is 0.478. The molecule has 0 spiro atoms. The predicted molar refractivity (Wildman–Crippen MR) is 89.5 cm³/mol. The number of fused-ring (bicyclic) bond motifs is 1. The average molecular weight is 352 g/mol. The van der Waals surface area contributed by atoms with Gasteiger partial charge in [0.15, 0.2) is 16.5 Å². The molecule has 8 heteroatoms. The monoisotopic (exact) mass is 352 g/mol. The molecule has 0 fully saturated rings. The molecular weight excluding hydrogens is 343 g/mol. The second kappa shape index (κ2) is 5.38. The van der Waals surface area contributed by atoms with Crippen LogP contribution >= 0.6 is 11.3 Å². The van der Waals surface area contributed by atoms with Crippen LogP contribution in [0, 0.1) is 5.82 Å². The van der Waals surface area contributed by atoms with Gasteiger partial charge in [-0.2, -0.15) is 4.52 Å². The van der Waals surface area contributed by atoms with Gasteiger partial charge in [-0.1, -0.05) is 23.5 Å². The Kier molecular flexibility index (Phi) is 3.04. The van der Waals surface area contributed by atoms with Crippen molar-refractivity contribution in [1.82, 2.24) is 19.8 Å². The normalized spacial score (nSPS) is 11.4. The summed E-state index contributed by atoms with van der Waals surface area (Å²) in [7, 11) is 0. The van der Waals surface area contributed by atoms with Gasteiger partial charge >= 0.3 is 0 Å². The number of nitrogens with zero attached hydrogens (tertiary/aromatic N) is 4. The van der Waals surface area contributed by atoms with E-state index in [2.05, 4.69) is 15.3 Å². The van der Waals surface area contributed by atoms with Crippen molar-refractivity contribution in [2.75, 3.05) is 0 Å². The lowest BCUT2D eigenvalue weighted by molar-refractivity contribution is 0.573. The molecule has 0 bridgehead atoms. The van der Waals surface area contributed by atoms with Crippen molar-refractivity contribution in [3.05, 3.63) is 60.6 Å². The van der Waals surface area contributed by atoms with Crippen LogP contribution in [0.15, 0.2) is 63.6 Å². The Morgan fingerprint density at radius 1 is 0.920 bits per heavy atom. The van der Waals surface area contributed by atoms with E-state index in [1.807, 2.05) is 0 Å². The van der Waals surface area contributed by atoms with Crippen molar-refractivity contribution in [3.8, 4) is 33.7 Å². The number of hydrogen-bond donors (Lipinski definition) is 0. The van der Waals surface area contributed by atoms with Crippen molar-refractivity contribution < 1.29 is 13.2 Å². The Bertz CT molecular complexity index is 1170. The molecule has 0 radical (unpaired) electrons. The zero-order valence-electron chi connectivity index (χ0n) is 12.6. The van der Waals surface area contributed by atoms with Gasteiger partial charge in [0.1, 0.15) is 11.6 Å². The van der Waals surface area contributed by atoms with E-state index in [4.69, 9.17) is 8.83 Å². The molecule has 5 aromatic rings. The highest BCUT2D eigenvalue weighted by Crippen LogP contribution is 2.33. The van der Waals surface area contributed by atoms with E-state index in [0.29, 0.717) is 38.6 Å². The van der Waals surface area contributed by atoms with Gasteiger partial charge in [-0.25, -0.2) is 4.39 Å². The minimum atomic E-state index is -0.332. The predicted octanol–water partition coefficient (Wildman–Crippen LogP) is 4.51. The van der Waals surface area contributed by atoms with Crippen LogP contribution < -0.4 is 0 Å². The fourth-order valence-electron chi connectivity index (χ4n) is 2.53. The molecule has 4 aromatic heterocycles. The first-order valence-electron chi connectivity index (χ1n) is 7.41. The van der Waals surface area contributed by atoms with E-state index in [-0.39, 0.29) is 5.82 Å². The molecule has 6 nitrogen and oxygen atoms in total. The van der Waals surface area contributed by atoms with Gasteiger partial charge in [-0.05, 0) is 36.4 Å². The van der Waals surface area contributed by atoms with Crippen LogP contribution in [0.5, 0.6) is 0 Å². The van der Waals surface area contributed by atoms with Crippen molar-refractivity contribution in [2.45, 2.75) is 0 Å². The lowest BCUT2D eigenvalue weighted by Gasteiger charge is -1.97. The largest absolute Gasteiger partial charge is 0.461 e. The minimum absolute atomic E-state index is 0.332. The van der Waals surface area contributed by atoms with Crippen LogP contribution in [-0.4, -0.2) is 19.8 Å². The van der Waals surface area contributed by atoms with E-state index in [1.165, 1.54) is 17.4 Å². The Labute approximate surface area is 144 Å². The Morgan fingerprint density at radius 2 is 1.80 bits per heavy atom. The first-order chi connectivity index (χ1) is 12.3. The number of rotatable bonds is 3. The molecule has 0 saturated carbocycles. The van der Waals surface area contributed by atoms with Gasteiger partial charge in [0.05, 0.1) is 11.8 Å².